The Morgan fingerprint density at radius 3 is 1.14 bits per heavy atom. The van der Waals surface area contributed by atoms with E-state index in [1.54, 1.807) is 0 Å². The van der Waals surface area contributed by atoms with Crippen molar-refractivity contribution in [2.75, 3.05) is 13.2 Å². The van der Waals surface area contributed by atoms with E-state index in [1.807, 2.05) is 54.7 Å². The van der Waals surface area contributed by atoms with Gasteiger partial charge in [-0.05, 0) is 64.2 Å². The molecule has 0 saturated carbocycles. The van der Waals surface area contributed by atoms with Crippen molar-refractivity contribution in [3.63, 3.8) is 0 Å². The molecule has 0 heterocycles. The molecule has 0 N–H and O–H groups in total. The third-order valence-electron chi connectivity index (χ3n) is 11.0. The van der Waals surface area contributed by atoms with Crippen LogP contribution < -0.4 is 0 Å². The molecular formula is C58H96O6. The molecule has 1 unspecified atom stereocenters. The van der Waals surface area contributed by atoms with E-state index < -0.39 is 6.10 Å². The molecule has 364 valence electrons. The van der Waals surface area contributed by atoms with Crippen LogP contribution in [0.25, 0.3) is 0 Å². The van der Waals surface area contributed by atoms with Crippen molar-refractivity contribution in [2.45, 2.75) is 239 Å². The van der Waals surface area contributed by atoms with E-state index in [-0.39, 0.29) is 44.0 Å². The minimum atomic E-state index is -0.825. The van der Waals surface area contributed by atoms with Crippen molar-refractivity contribution < 1.29 is 28.6 Å². The highest BCUT2D eigenvalue weighted by Crippen LogP contribution is 2.15. The third-order valence-corrected chi connectivity index (χ3v) is 11.0. The highest BCUT2D eigenvalue weighted by Gasteiger charge is 2.19. The molecule has 0 aromatic rings. The van der Waals surface area contributed by atoms with Gasteiger partial charge in [-0.15, -0.1) is 0 Å². The van der Waals surface area contributed by atoms with Gasteiger partial charge in [-0.1, -0.05) is 246 Å². The van der Waals surface area contributed by atoms with Gasteiger partial charge in [0, 0.05) is 19.3 Å². The summed E-state index contributed by atoms with van der Waals surface area (Å²) < 4.78 is 16.7. The summed E-state index contributed by atoms with van der Waals surface area (Å²) in [6.07, 6.45) is 68.4. The number of ether oxygens (including phenoxy) is 3. The number of hydrogen-bond donors (Lipinski definition) is 0. The SMILES string of the molecule is CC/C=C/C=C/C=C/C=C/C=C/CCCC(=O)OCC(COC(=O)CCC/C=C/C/C=C/C/C=C/CCCCCCCC)OC(=O)CCCCCCCCCCCCCCCCCC. The lowest BCUT2D eigenvalue weighted by Crippen LogP contribution is -2.30. The van der Waals surface area contributed by atoms with Crippen LogP contribution >= 0.6 is 0 Å². The fourth-order valence-corrected chi connectivity index (χ4v) is 7.02. The van der Waals surface area contributed by atoms with Crippen molar-refractivity contribution in [1.29, 1.82) is 0 Å². The molecule has 0 rings (SSSR count). The lowest BCUT2D eigenvalue weighted by atomic mass is 10.0. The average molecular weight is 889 g/mol. The Morgan fingerprint density at radius 1 is 0.344 bits per heavy atom. The van der Waals surface area contributed by atoms with Crippen LogP contribution in [0.5, 0.6) is 0 Å². The molecule has 6 nitrogen and oxygen atoms in total. The molecule has 0 saturated heterocycles. The normalized spacial score (nSPS) is 12.9. The zero-order chi connectivity index (χ0) is 46.5. The van der Waals surface area contributed by atoms with Gasteiger partial charge in [-0.25, -0.2) is 0 Å². The molecule has 0 aliphatic rings. The molecule has 64 heavy (non-hydrogen) atoms. The monoisotopic (exact) mass is 889 g/mol. The summed E-state index contributed by atoms with van der Waals surface area (Å²) in [6, 6.07) is 0. The Bertz CT molecular complexity index is 1300. The first-order valence-corrected chi connectivity index (χ1v) is 26.3. The minimum absolute atomic E-state index is 0.125. The van der Waals surface area contributed by atoms with Gasteiger partial charge in [0.2, 0.25) is 0 Å². The maximum absolute atomic E-state index is 12.8. The van der Waals surface area contributed by atoms with Crippen molar-refractivity contribution in [3.05, 3.63) is 97.2 Å². The lowest BCUT2D eigenvalue weighted by Gasteiger charge is -2.18. The van der Waals surface area contributed by atoms with Crippen LogP contribution in [0.4, 0.5) is 0 Å². The van der Waals surface area contributed by atoms with Crippen LogP contribution in [0, 0.1) is 0 Å². The molecule has 0 aliphatic heterocycles. The molecule has 0 amide bonds. The van der Waals surface area contributed by atoms with E-state index in [4.69, 9.17) is 14.2 Å². The van der Waals surface area contributed by atoms with Gasteiger partial charge in [0.05, 0.1) is 0 Å². The number of esters is 3. The Balaban J connectivity index is 4.53. The van der Waals surface area contributed by atoms with E-state index in [9.17, 15) is 14.4 Å². The molecule has 0 aromatic heterocycles. The molecule has 0 fully saturated rings. The first kappa shape index (κ1) is 60.3. The first-order chi connectivity index (χ1) is 31.5. The second kappa shape index (κ2) is 52.0. The molecule has 0 aromatic carbocycles. The molecule has 1 atom stereocenters. The van der Waals surface area contributed by atoms with Gasteiger partial charge < -0.3 is 14.2 Å². The smallest absolute Gasteiger partial charge is 0.306 e. The van der Waals surface area contributed by atoms with Crippen LogP contribution in [0.15, 0.2) is 97.2 Å². The number of carbonyl (C=O) groups excluding carboxylic acids is 3. The maximum Gasteiger partial charge on any atom is 0.306 e. The second-order valence-corrected chi connectivity index (χ2v) is 17.2. The fraction of sp³-hybridized carbons (Fsp3) is 0.672. The molecule has 0 radical (unpaired) electrons. The summed E-state index contributed by atoms with van der Waals surface area (Å²) in [5, 5.41) is 0. The highest BCUT2D eigenvalue weighted by molar-refractivity contribution is 5.71. The predicted octanol–water partition coefficient (Wildman–Crippen LogP) is 17.4. The van der Waals surface area contributed by atoms with E-state index >= 15 is 0 Å². The van der Waals surface area contributed by atoms with Crippen molar-refractivity contribution in [2.24, 2.45) is 0 Å². The van der Waals surface area contributed by atoms with E-state index in [0.717, 1.165) is 51.4 Å². The zero-order valence-electron chi connectivity index (χ0n) is 41.5. The molecule has 0 bridgehead atoms. The van der Waals surface area contributed by atoms with Crippen molar-refractivity contribution in [3.8, 4) is 0 Å². The van der Waals surface area contributed by atoms with Gasteiger partial charge in [-0.2, -0.15) is 0 Å². The minimum Gasteiger partial charge on any atom is -0.462 e. The highest BCUT2D eigenvalue weighted by atomic mass is 16.6. The summed E-state index contributed by atoms with van der Waals surface area (Å²) >= 11 is 0. The lowest BCUT2D eigenvalue weighted by molar-refractivity contribution is -0.167. The summed E-state index contributed by atoms with van der Waals surface area (Å²) in [7, 11) is 0. The summed E-state index contributed by atoms with van der Waals surface area (Å²) in [4.78, 5) is 37.9. The Labute approximate surface area is 394 Å². The van der Waals surface area contributed by atoms with Gasteiger partial charge in [-0.3, -0.25) is 14.4 Å². The van der Waals surface area contributed by atoms with Gasteiger partial charge in [0.1, 0.15) is 13.2 Å². The van der Waals surface area contributed by atoms with E-state index in [1.165, 1.54) is 128 Å². The number of carbonyl (C=O) groups is 3. The van der Waals surface area contributed by atoms with Crippen LogP contribution in [-0.2, 0) is 28.6 Å². The second-order valence-electron chi connectivity index (χ2n) is 17.2. The molecule has 0 spiro atoms. The average Bonchev–Trinajstić information content (AvgIpc) is 3.29. The van der Waals surface area contributed by atoms with Gasteiger partial charge >= 0.3 is 17.9 Å². The zero-order valence-corrected chi connectivity index (χ0v) is 41.5. The Hall–Kier alpha value is -3.67. The maximum atomic E-state index is 12.8. The van der Waals surface area contributed by atoms with E-state index in [0.29, 0.717) is 19.3 Å². The predicted molar refractivity (Wildman–Crippen MR) is 274 cm³/mol. The number of unbranched alkanes of at least 4 members (excludes halogenated alkanes) is 23. The van der Waals surface area contributed by atoms with Crippen molar-refractivity contribution >= 4 is 17.9 Å². The van der Waals surface area contributed by atoms with Crippen LogP contribution in [0.2, 0.25) is 0 Å². The quantitative estimate of drug-likeness (QED) is 0.0199. The first-order valence-electron chi connectivity index (χ1n) is 26.3. The van der Waals surface area contributed by atoms with E-state index in [2.05, 4.69) is 63.3 Å². The number of hydrogen-bond acceptors (Lipinski definition) is 6. The molecule has 0 aliphatic carbocycles. The van der Waals surface area contributed by atoms with Gasteiger partial charge in [0.15, 0.2) is 6.10 Å². The van der Waals surface area contributed by atoms with Crippen molar-refractivity contribution in [1.82, 2.24) is 0 Å². The summed E-state index contributed by atoms with van der Waals surface area (Å²) in [6.45, 7) is 6.38. The van der Waals surface area contributed by atoms with Gasteiger partial charge in [0.25, 0.3) is 0 Å². The van der Waals surface area contributed by atoms with Crippen LogP contribution in [0.3, 0.4) is 0 Å². The largest absolute Gasteiger partial charge is 0.462 e. The van der Waals surface area contributed by atoms with Crippen LogP contribution in [-0.4, -0.2) is 37.2 Å². The topological polar surface area (TPSA) is 78.9 Å². The van der Waals surface area contributed by atoms with Crippen LogP contribution in [0.1, 0.15) is 233 Å². The summed E-state index contributed by atoms with van der Waals surface area (Å²) in [5.41, 5.74) is 0. The Kier molecular flexibility index (Phi) is 49.0. The molecular weight excluding hydrogens is 793 g/mol. The standard InChI is InChI=1S/C58H96O6/c1-4-7-10-13-16-19-22-25-27-29-31-33-36-39-42-45-48-51-57(60)63-54-55(53-62-56(59)50-47-44-41-38-35-32-24-21-18-15-12-9-6-3)64-58(61)52-49-46-43-40-37-34-30-28-26-23-20-17-14-11-8-5-2/h9,12,15,18,21,24-25,27,31-33,35,38-39,41-42,55H,4-8,10-11,13-14,16-17,19-20,22-23,26,28-30,34,36-37,40,43-54H2,1-3H3/b12-9+,18-15+,24-21+,27-25+,33-31+,35-32+,41-38+,42-39+. The number of rotatable bonds is 46. The summed E-state index contributed by atoms with van der Waals surface area (Å²) in [5.74, 6) is -1.05. The fourth-order valence-electron chi connectivity index (χ4n) is 7.02. The Morgan fingerprint density at radius 2 is 0.688 bits per heavy atom. The molecule has 6 heteroatoms. The third kappa shape index (κ3) is 49.3. The number of allylic oxidation sites excluding steroid dienone is 16.